The zero-order chi connectivity index (χ0) is 109. The molecule has 0 amide bonds. The topological polar surface area (TPSA) is 169 Å². The summed E-state index contributed by atoms with van der Waals surface area (Å²) in [6.45, 7) is 82.3. The van der Waals surface area contributed by atoms with Gasteiger partial charge in [-0.1, -0.05) is 318 Å². The molecule has 0 atom stereocenters. The lowest BCUT2D eigenvalue weighted by Gasteiger charge is -2.30. The Morgan fingerprint density at radius 2 is 0.584 bits per heavy atom. The minimum atomic E-state index is -0.791. The van der Waals surface area contributed by atoms with Crippen molar-refractivity contribution in [3.8, 4) is 148 Å². The molecule has 16 aromatic carbocycles. The van der Waals surface area contributed by atoms with Gasteiger partial charge in [-0.2, -0.15) is 31.6 Å². The Morgan fingerprint density at radius 1 is 0.268 bits per heavy atom. The van der Waals surface area contributed by atoms with Crippen molar-refractivity contribution in [3.63, 3.8) is 0 Å². The summed E-state index contributed by atoms with van der Waals surface area (Å²) >= 11 is 0. The Kier molecular flexibility index (Phi) is 36.0. The molecule has 0 radical (unpaired) electrons. The number of hydrogen-bond acceptors (Lipinski definition) is 6. The van der Waals surface area contributed by atoms with E-state index < -0.39 is 34.9 Å². The van der Waals surface area contributed by atoms with E-state index in [-0.39, 0.29) is 90.2 Å². The van der Waals surface area contributed by atoms with Crippen molar-refractivity contribution in [2.45, 2.75) is 140 Å². The van der Waals surface area contributed by atoms with E-state index in [1.54, 1.807) is 48.5 Å². The van der Waals surface area contributed by atoms with Crippen LogP contribution in [0.4, 0.5) is 60.5 Å². The van der Waals surface area contributed by atoms with Crippen molar-refractivity contribution in [3.05, 3.63) is 489 Å². The van der Waals surface area contributed by atoms with E-state index in [4.69, 9.17) is 50.0 Å². The Labute approximate surface area is 869 Å². The molecule has 149 heavy (non-hydrogen) atoms. The minimum absolute atomic E-state index is 0.0756. The second kappa shape index (κ2) is 48.7. The molecule has 16 rings (SSSR count). The molecule has 0 saturated heterocycles. The van der Waals surface area contributed by atoms with Gasteiger partial charge in [0.15, 0.2) is 0 Å². The maximum atomic E-state index is 15.8. The van der Waals surface area contributed by atoms with Gasteiger partial charge in [0.2, 0.25) is 34.1 Å². The molecule has 0 heterocycles. The first-order chi connectivity index (χ1) is 71.2. The second-order valence-electron chi connectivity index (χ2n) is 38.1. The van der Waals surface area contributed by atoms with Crippen molar-refractivity contribution in [2.75, 3.05) is 0 Å². The highest BCUT2D eigenvalue weighted by molar-refractivity contribution is 5.97. The zero-order valence-electron chi connectivity index (χ0n) is 85.6. The van der Waals surface area contributed by atoms with Crippen LogP contribution in [0.1, 0.15) is 181 Å². The van der Waals surface area contributed by atoms with E-state index >= 15 is 8.78 Å². The molecular weight excluding hydrogens is 1860 g/mol. The van der Waals surface area contributed by atoms with Crippen molar-refractivity contribution in [2.24, 2.45) is 0 Å². The molecule has 0 N–H and O–H groups in total. The first-order valence-electron chi connectivity index (χ1n) is 47.4. The third kappa shape index (κ3) is 24.5. The van der Waals surface area contributed by atoms with Crippen molar-refractivity contribution in [1.29, 1.82) is 31.6 Å². The SMILES string of the molecule is [C-]#[N+]c1c(-c2c(C)cccc2C)cc(-c2c(C)cccc2C)c(C#N)c1F.[C-]#[N+]c1c(-c2ccccc2-c2ccccc2)cc(-c2ccccc2-c2ccccc2)c(C#N)c1F.[C-]#[N+]c1cc(-c2c(C(C)(C)C)cccc2C(C)(C)C)cc(C#N)c1F.[C-]#[N+]c1cc(-c2c(C(C)C)cccc2C(C)C)cc(C#N)c1F.[C-]#[N+]c1cc(-c2c(C)cc(C)cc2C)cc(C#N)c1F.[C-]#[N+]c1cc(-c2ccc(C=C)cc2)cc(C#N)c1F. The van der Waals surface area contributed by atoms with Gasteiger partial charge in [0, 0.05) is 11.1 Å². The van der Waals surface area contributed by atoms with Crippen molar-refractivity contribution >= 4 is 40.2 Å². The molecule has 0 bridgehead atoms. The Bertz CT molecular complexity index is 8010. The molecule has 0 saturated carbocycles. The van der Waals surface area contributed by atoms with Gasteiger partial charge in [-0.3, -0.25) is 0 Å². The predicted molar refractivity (Wildman–Crippen MR) is 587 cm³/mol. The van der Waals surface area contributed by atoms with Gasteiger partial charge in [0.25, 0.3) is 0 Å². The monoisotopic (exact) mass is 1960 g/mol. The summed E-state index contributed by atoms with van der Waals surface area (Å²) in [5.74, 6) is -3.94. The molecule has 0 unspecified atom stereocenters. The smallest absolute Gasteiger partial charge is 0.231 e. The van der Waals surface area contributed by atoms with Gasteiger partial charge in [-0.05, 0) is 281 Å². The molecule has 18 heteroatoms. The number of rotatable bonds is 13. The molecule has 0 fully saturated rings. The number of nitrogens with zero attached hydrogens (tertiary/aromatic N) is 12. The molecule has 0 aromatic heterocycles. The summed E-state index contributed by atoms with van der Waals surface area (Å²) < 4.78 is 86.7. The third-order valence-electron chi connectivity index (χ3n) is 25.3. The third-order valence-corrected chi connectivity index (χ3v) is 25.3. The van der Waals surface area contributed by atoms with Crippen LogP contribution in [0.25, 0.3) is 146 Å². The zero-order valence-corrected chi connectivity index (χ0v) is 85.6. The van der Waals surface area contributed by atoms with E-state index in [0.29, 0.717) is 33.4 Å². The van der Waals surface area contributed by atoms with E-state index in [2.05, 4.69) is 129 Å². The first kappa shape index (κ1) is 110. The largest absolute Gasteiger partial charge is 0.235 e. The van der Waals surface area contributed by atoms with Crippen LogP contribution in [0.2, 0.25) is 0 Å². The van der Waals surface area contributed by atoms with Crippen LogP contribution in [0, 0.1) is 191 Å². The molecule has 0 aliphatic rings. The molecule has 728 valence electrons. The molecule has 12 nitrogen and oxygen atoms in total. The van der Waals surface area contributed by atoms with E-state index in [0.717, 1.165) is 145 Å². The van der Waals surface area contributed by atoms with Crippen LogP contribution >= 0.6 is 0 Å². The van der Waals surface area contributed by atoms with E-state index in [9.17, 15) is 38.6 Å². The average Bonchev–Trinajstić information content (AvgIpc) is 0.756. The van der Waals surface area contributed by atoms with Crippen LogP contribution in [-0.2, 0) is 10.8 Å². The summed E-state index contributed by atoms with van der Waals surface area (Å²) in [5.41, 5.74) is 26.6. The highest BCUT2D eigenvalue weighted by atomic mass is 19.1. The summed E-state index contributed by atoms with van der Waals surface area (Å²) in [4.78, 5) is 19.8. The Morgan fingerprint density at radius 3 is 0.940 bits per heavy atom. The van der Waals surface area contributed by atoms with Crippen LogP contribution in [-0.4, -0.2) is 0 Å². The molecule has 16 aromatic rings. The maximum Gasteiger partial charge on any atom is 0.231 e. The van der Waals surface area contributed by atoms with Crippen LogP contribution in [0.5, 0.6) is 0 Å². The molecular formula is C131H102F6N12. The summed E-state index contributed by atoms with van der Waals surface area (Å²) in [6.07, 6.45) is 1.72. The highest BCUT2D eigenvalue weighted by Crippen LogP contribution is 2.50. The number of halogens is 6. The number of aryl methyl sites for hydroxylation is 7. The summed E-state index contributed by atoms with van der Waals surface area (Å²) in [7, 11) is 0. The Balaban J connectivity index is 0.000000172. The fourth-order valence-electron chi connectivity index (χ4n) is 18.3. The molecule has 0 aliphatic carbocycles. The maximum absolute atomic E-state index is 15.8. The van der Waals surface area contributed by atoms with Gasteiger partial charge in [-0.25, -0.2) is 55.4 Å². The van der Waals surface area contributed by atoms with Gasteiger partial charge in [0.05, 0.1) is 72.8 Å². The fraction of sp³-hybridized carbons (Fsp3) is 0.160. The lowest BCUT2D eigenvalue weighted by Crippen LogP contribution is -2.19. The first-order valence-corrected chi connectivity index (χ1v) is 47.4. The van der Waals surface area contributed by atoms with Gasteiger partial charge in [-0.15, -0.1) is 0 Å². The van der Waals surface area contributed by atoms with Crippen molar-refractivity contribution < 1.29 is 26.3 Å². The minimum Gasteiger partial charge on any atom is -0.235 e. The Hall–Kier alpha value is -19.3. The van der Waals surface area contributed by atoms with Crippen molar-refractivity contribution in [1.82, 2.24) is 0 Å². The van der Waals surface area contributed by atoms with E-state index in [1.165, 1.54) is 24.3 Å². The second-order valence-corrected chi connectivity index (χ2v) is 38.1. The predicted octanol–water partition coefficient (Wildman–Crippen LogP) is 37.8. The number of hydrogen-bond donors (Lipinski definition) is 0. The quantitative estimate of drug-likeness (QED) is 0.0822. The van der Waals surface area contributed by atoms with Crippen LogP contribution < -0.4 is 0 Å². The fourth-order valence-corrected chi connectivity index (χ4v) is 18.3. The molecule has 0 aliphatic heterocycles. The van der Waals surface area contributed by atoms with Gasteiger partial charge < -0.3 is 0 Å². The highest BCUT2D eigenvalue weighted by Gasteiger charge is 2.31. The average molecular weight is 1960 g/mol. The summed E-state index contributed by atoms with van der Waals surface area (Å²) in [6, 6.07) is 97.5. The number of benzene rings is 16. The van der Waals surface area contributed by atoms with Crippen LogP contribution in [0.15, 0.2) is 286 Å². The standard InChI is InChI=1S/C32H19FN2.C24H19FN2.C22H23FN2.C20H19FN2.C17H13FN2.C16H9FN2/c1-35-32-29(27-19-11-9-17-25(27)23-14-6-3-7-15-23)20-28(30(21-34)31(32)33)26-18-10-8-16-24(26)22-12-4-2-5-13-22;1-14-8-6-9-15(2)21(14)18-12-19(22-16(3)10-7-11-17(22)4)24(27-5)23(25)20(18)13-26;1-21(2,3)16-9-8-10-17(22(4,5)6)19(16)14-11-15(13-24)20(23)18(12-14)25-7;1-12(2)16-7-6-8-17(13(3)4)19(16)14-9-15(11-22)20(21)18(10-14)23-5;1-10-5-11(2)16(12(3)6-10)13-7-14(9-19)17(18)15(8-13)20-4;1-3-11-4-6-12(7-5-11)13-8-14(10-18)16(17)15(9-13)19-2/h2-20H;6-12H,1-4H3;8-12H,1-6H3;6-10,12-13H,1-4H3;5-8H,1-3H3;3-9H,1H2. The molecule has 0 spiro atoms. The lowest BCUT2D eigenvalue weighted by atomic mass is 9.74. The number of nitriles is 6. The lowest BCUT2D eigenvalue weighted by molar-refractivity contribution is 0.571. The normalized spacial score (nSPS) is 10.4. The van der Waals surface area contributed by atoms with Gasteiger partial charge >= 0.3 is 0 Å². The van der Waals surface area contributed by atoms with Gasteiger partial charge in [0.1, 0.15) is 71.3 Å². The van der Waals surface area contributed by atoms with E-state index in [1.807, 2.05) is 273 Å². The van der Waals surface area contributed by atoms with Crippen LogP contribution in [0.3, 0.4) is 0 Å². The summed E-state index contributed by atoms with van der Waals surface area (Å²) in [5, 5.41) is 55.9.